The van der Waals surface area contributed by atoms with Crippen LogP contribution in [0.1, 0.15) is 39.2 Å². The molecule has 200 valence electrons. The highest BCUT2D eigenvalue weighted by atomic mass is 35.5. The third-order valence-corrected chi connectivity index (χ3v) is 6.29. The predicted octanol–water partition coefficient (Wildman–Crippen LogP) is 7.11. The van der Waals surface area contributed by atoms with Crippen molar-refractivity contribution in [2.75, 3.05) is 6.54 Å². The summed E-state index contributed by atoms with van der Waals surface area (Å²) >= 11 is 24.1. The smallest absolute Gasteiger partial charge is 0.411 e. The van der Waals surface area contributed by atoms with Crippen LogP contribution in [-0.4, -0.2) is 51.6 Å². The topological polar surface area (TPSA) is 85.4 Å². The largest absolute Gasteiger partial charge is 0.444 e. The highest BCUT2D eigenvalue weighted by Gasteiger charge is 2.42. The Morgan fingerprint density at radius 1 is 1.03 bits per heavy atom. The normalized spacial score (nSPS) is 17.8. The van der Waals surface area contributed by atoms with Crippen molar-refractivity contribution >= 4 is 63.8 Å². The van der Waals surface area contributed by atoms with Gasteiger partial charge in [-0.25, -0.2) is 14.7 Å². The molecule has 3 rings (SSSR count). The Labute approximate surface area is 235 Å². The summed E-state index contributed by atoms with van der Waals surface area (Å²) in [4.78, 5) is 45.4. The van der Waals surface area contributed by atoms with E-state index in [-0.39, 0.29) is 46.8 Å². The van der Waals surface area contributed by atoms with E-state index >= 15 is 0 Å². The highest BCUT2D eigenvalue weighted by Crippen LogP contribution is 2.37. The second-order valence-corrected chi connectivity index (χ2v) is 10.9. The Kier molecular flexibility index (Phi) is 9.94. The Hall–Kier alpha value is -2.23. The van der Waals surface area contributed by atoms with Gasteiger partial charge in [0.2, 0.25) is 0 Å². The Balaban J connectivity index is 1.81. The molecular formula is C25H26Cl4N2O6. The van der Waals surface area contributed by atoms with Crippen molar-refractivity contribution < 1.29 is 28.7 Å². The molecule has 8 nitrogen and oxygen atoms in total. The average molecular weight is 592 g/mol. The third kappa shape index (κ3) is 8.12. The SMILES string of the molecule is CC(C)(C)OC(=O)N1C[C@H](N(OCc2ccccc2)C(=O)Cl)CC[C@H]1C(=O)Oc1c(Cl)cc(Cl)cc1Cl. The van der Waals surface area contributed by atoms with E-state index < -0.39 is 35.1 Å². The minimum absolute atomic E-state index is 0.0385. The minimum atomic E-state index is -1.05. The molecular weight excluding hydrogens is 566 g/mol. The molecule has 1 aliphatic rings. The Bertz CT molecular complexity index is 1120. The number of likely N-dealkylation sites (tertiary alicyclic amines) is 1. The molecule has 0 radical (unpaired) electrons. The first-order valence-electron chi connectivity index (χ1n) is 11.4. The molecule has 0 unspecified atom stereocenters. The standard InChI is InChI=1S/C25H26Cl4N2O6/c1-25(2,3)37-24(34)30-13-17(31(23(29)33)35-14-15-7-5-4-6-8-15)9-10-20(30)22(32)36-21-18(27)11-16(26)12-19(21)28/h4-8,11-12,17,20H,9-10,13-14H2,1-3H3/t17-,20+/m1/s1. The monoisotopic (exact) mass is 590 g/mol. The lowest BCUT2D eigenvalue weighted by atomic mass is 9.98. The van der Waals surface area contributed by atoms with E-state index in [1.807, 2.05) is 30.3 Å². The first-order chi connectivity index (χ1) is 17.4. The maximum Gasteiger partial charge on any atom is 0.411 e. The summed E-state index contributed by atoms with van der Waals surface area (Å²) in [5, 5.41) is 0.506. The molecule has 0 aliphatic carbocycles. The molecule has 1 aliphatic heterocycles. The van der Waals surface area contributed by atoms with Crippen LogP contribution in [0, 0.1) is 0 Å². The maximum absolute atomic E-state index is 13.2. The fourth-order valence-corrected chi connectivity index (χ4v) is 4.80. The number of esters is 1. The molecule has 2 aromatic rings. The number of piperidine rings is 1. The van der Waals surface area contributed by atoms with E-state index in [1.54, 1.807) is 20.8 Å². The van der Waals surface area contributed by atoms with Gasteiger partial charge in [0, 0.05) is 11.6 Å². The van der Waals surface area contributed by atoms with Crippen molar-refractivity contribution in [3.05, 3.63) is 63.1 Å². The fraction of sp³-hybridized carbons (Fsp3) is 0.400. The van der Waals surface area contributed by atoms with Gasteiger partial charge in [-0.05, 0) is 62.9 Å². The number of halogens is 4. The van der Waals surface area contributed by atoms with Crippen LogP contribution < -0.4 is 4.74 Å². The van der Waals surface area contributed by atoms with Crippen molar-refractivity contribution in [2.45, 2.75) is 57.9 Å². The number of rotatable bonds is 6. The van der Waals surface area contributed by atoms with Crippen molar-refractivity contribution in [3.8, 4) is 5.75 Å². The molecule has 0 saturated carbocycles. The number of hydroxylamine groups is 2. The summed E-state index contributed by atoms with van der Waals surface area (Å²) < 4.78 is 11.0. The zero-order valence-electron chi connectivity index (χ0n) is 20.4. The van der Waals surface area contributed by atoms with Crippen molar-refractivity contribution in [1.29, 1.82) is 0 Å². The lowest BCUT2D eigenvalue weighted by molar-refractivity contribution is -0.165. The van der Waals surface area contributed by atoms with Crippen LogP contribution in [0.4, 0.5) is 9.59 Å². The maximum atomic E-state index is 13.2. The van der Waals surface area contributed by atoms with E-state index in [2.05, 4.69) is 0 Å². The molecule has 1 saturated heterocycles. The molecule has 2 amide bonds. The number of ether oxygens (including phenoxy) is 2. The van der Waals surface area contributed by atoms with Crippen molar-refractivity contribution in [3.63, 3.8) is 0 Å². The zero-order chi connectivity index (χ0) is 27.3. The first kappa shape index (κ1) is 29.3. The fourth-order valence-electron chi connectivity index (χ4n) is 3.72. The number of hydrogen-bond donors (Lipinski definition) is 0. The molecule has 2 atom stereocenters. The highest BCUT2D eigenvalue weighted by molar-refractivity contribution is 6.62. The van der Waals surface area contributed by atoms with Gasteiger partial charge < -0.3 is 9.47 Å². The lowest BCUT2D eigenvalue weighted by Crippen LogP contribution is -2.58. The van der Waals surface area contributed by atoms with E-state index in [4.69, 9.17) is 60.7 Å². The summed E-state index contributed by atoms with van der Waals surface area (Å²) in [5.74, 6) is -0.850. The molecule has 37 heavy (non-hydrogen) atoms. The van der Waals surface area contributed by atoms with E-state index in [9.17, 15) is 14.4 Å². The molecule has 1 fully saturated rings. The van der Waals surface area contributed by atoms with Crippen LogP contribution in [0.25, 0.3) is 0 Å². The quantitative estimate of drug-likeness (QED) is 0.117. The molecule has 1 heterocycles. The lowest BCUT2D eigenvalue weighted by Gasteiger charge is -2.41. The van der Waals surface area contributed by atoms with Gasteiger partial charge in [0.15, 0.2) is 5.75 Å². The van der Waals surface area contributed by atoms with E-state index in [0.29, 0.717) is 0 Å². The van der Waals surface area contributed by atoms with Crippen molar-refractivity contribution in [1.82, 2.24) is 9.96 Å². The minimum Gasteiger partial charge on any atom is -0.444 e. The summed E-state index contributed by atoms with van der Waals surface area (Å²) in [6, 6.07) is 10.3. The number of nitrogens with zero attached hydrogens (tertiary/aromatic N) is 2. The zero-order valence-corrected chi connectivity index (χ0v) is 23.4. The molecule has 0 spiro atoms. The number of amides is 2. The Morgan fingerprint density at radius 2 is 1.65 bits per heavy atom. The van der Waals surface area contributed by atoms with Gasteiger partial charge in [-0.3, -0.25) is 14.5 Å². The summed E-state index contributed by atoms with van der Waals surface area (Å²) in [7, 11) is 0. The van der Waals surface area contributed by atoms with Gasteiger partial charge >= 0.3 is 17.4 Å². The first-order valence-corrected chi connectivity index (χ1v) is 12.9. The van der Waals surface area contributed by atoms with Gasteiger partial charge in [-0.1, -0.05) is 65.1 Å². The van der Waals surface area contributed by atoms with Crippen LogP contribution in [0.2, 0.25) is 15.1 Å². The second-order valence-electron chi connectivity index (χ2n) is 9.34. The number of benzene rings is 2. The van der Waals surface area contributed by atoms with Crippen LogP contribution in [0.5, 0.6) is 5.75 Å². The average Bonchev–Trinajstić information content (AvgIpc) is 2.80. The van der Waals surface area contributed by atoms with Crippen LogP contribution in [-0.2, 0) is 21.0 Å². The molecule has 2 aromatic carbocycles. The van der Waals surface area contributed by atoms with Gasteiger partial charge in [-0.2, -0.15) is 0 Å². The van der Waals surface area contributed by atoms with Gasteiger partial charge in [0.1, 0.15) is 18.2 Å². The van der Waals surface area contributed by atoms with Gasteiger partial charge in [0.25, 0.3) is 0 Å². The second kappa shape index (κ2) is 12.5. The number of carbonyl (C=O) groups excluding carboxylic acids is 3. The third-order valence-electron chi connectivity index (χ3n) is 5.34. The number of carbonyl (C=O) groups is 3. The molecule has 0 bridgehead atoms. The van der Waals surface area contributed by atoms with Crippen LogP contribution in [0.3, 0.4) is 0 Å². The molecule has 12 heteroatoms. The van der Waals surface area contributed by atoms with Crippen LogP contribution >= 0.6 is 46.4 Å². The van der Waals surface area contributed by atoms with Crippen LogP contribution in [0.15, 0.2) is 42.5 Å². The summed E-state index contributed by atoms with van der Waals surface area (Å²) in [6.45, 7) is 5.09. The van der Waals surface area contributed by atoms with E-state index in [1.165, 1.54) is 17.0 Å². The van der Waals surface area contributed by atoms with E-state index in [0.717, 1.165) is 10.6 Å². The summed E-state index contributed by atoms with van der Waals surface area (Å²) in [6.07, 6.45) is -0.354. The molecule has 0 aromatic heterocycles. The van der Waals surface area contributed by atoms with Crippen molar-refractivity contribution in [2.24, 2.45) is 0 Å². The van der Waals surface area contributed by atoms with Gasteiger partial charge in [0.05, 0.1) is 16.1 Å². The van der Waals surface area contributed by atoms with Gasteiger partial charge in [-0.15, -0.1) is 0 Å². The molecule has 0 N–H and O–H groups in total. The number of hydrogen-bond acceptors (Lipinski definition) is 6. The summed E-state index contributed by atoms with van der Waals surface area (Å²) in [5.41, 5.74) is -0.0176. The Morgan fingerprint density at radius 3 is 2.22 bits per heavy atom. The predicted molar refractivity (Wildman–Crippen MR) is 141 cm³/mol.